The first-order valence-electron chi connectivity index (χ1n) is 6.38. The van der Waals surface area contributed by atoms with Gasteiger partial charge in [-0.3, -0.25) is 4.79 Å². The molecule has 0 radical (unpaired) electrons. The zero-order valence-electron chi connectivity index (χ0n) is 10.5. The van der Waals surface area contributed by atoms with Crippen molar-refractivity contribution >= 4 is 18.3 Å². The molecule has 1 aliphatic rings. The number of amides is 1. The van der Waals surface area contributed by atoms with Crippen molar-refractivity contribution in [2.24, 2.45) is 5.73 Å². The molecule has 2 rings (SSSR count). The van der Waals surface area contributed by atoms with Gasteiger partial charge in [0.25, 0.3) is 0 Å². The van der Waals surface area contributed by atoms with Crippen LogP contribution < -0.4 is 11.1 Å². The zero-order chi connectivity index (χ0) is 12.1. The number of benzene rings is 1. The van der Waals surface area contributed by atoms with Gasteiger partial charge < -0.3 is 11.1 Å². The van der Waals surface area contributed by atoms with E-state index in [1.165, 1.54) is 19.3 Å². The quantitative estimate of drug-likeness (QED) is 0.885. The second kappa shape index (κ2) is 7.39. The highest BCUT2D eigenvalue weighted by atomic mass is 35.5. The number of nitrogens with one attached hydrogen (secondary N) is 1. The van der Waals surface area contributed by atoms with E-state index in [1.807, 2.05) is 30.3 Å². The molecule has 1 aromatic carbocycles. The smallest absolute Gasteiger partial charge is 0.241 e. The molecule has 100 valence electrons. The molecule has 18 heavy (non-hydrogen) atoms. The number of hydrogen-bond donors (Lipinski definition) is 2. The van der Waals surface area contributed by atoms with Crippen LogP contribution in [0.3, 0.4) is 0 Å². The molecule has 1 atom stereocenters. The van der Waals surface area contributed by atoms with E-state index in [2.05, 4.69) is 5.32 Å². The molecule has 1 aromatic rings. The average Bonchev–Trinajstić information content (AvgIpc) is 2.40. The highest BCUT2D eigenvalue weighted by molar-refractivity contribution is 5.85. The number of hydrogen-bond acceptors (Lipinski definition) is 2. The van der Waals surface area contributed by atoms with E-state index >= 15 is 0 Å². The van der Waals surface area contributed by atoms with Crippen molar-refractivity contribution in [2.45, 2.75) is 44.2 Å². The Labute approximate surface area is 115 Å². The molecule has 4 heteroatoms. The summed E-state index contributed by atoms with van der Waals surface area (Å²) in [7, 11) is 0. The zero-order valence-corrected chi connectivity index (χ0v) is 11.3. The van der Waals surface area contributed by atoms with Crippen molar-refractivity contribution in [1.82, 2.24) is 5.32 Å². The molecule has 0 aliphatic heterocycles. The summed E-state index contributed by atoms with van der Waals surface area (Å²) in [6.07, 6.45) is 5.90. The Hall–Kier alpha value is -1.06. The maximum absolute atomic E-state index is 12.0. The standard InChI is InChI=1S/C14H20N2O.ClH/c15-13(11-7-3-1-4-8-11)14(17)16-12-9-5-2-6-10-12;/h1,3-4,7-8,12-13H,2,5-6,9-10,15H2,(H,16,17);1H. The molecule has 3 N–H and O–H groups in total. The van der Waals surface area contributed by atoms with Crippen LogP contribution in [0, 0.1) is 0 Å². The van der Waals surface area contributed by atoms with Gasteiger partial charge in [0.05, 0.1) is 0 Å². The second-order valence-corrected chi connectivity index (χ2v) is 4.73. The molecule has 1 fully saturated rings. The van der Waals surface area contributed by atoms with Crippen molar-refractivity contribution in [3.05, 3.63) is 35.9 Å². The lowest BCUT2D eigenvalue weighted by Gasteiger charge is -2.24. The van der Waals surface area contributed by atoms with Crippen molar-refractivity contribution in [2.75, 3.05) is 0 Å². The predicted octanol–water partition coefficient (Wildman–Crippen LogP) is 2.56. The normalized spacial score (nSPS) is 17.6. The number of rotatable bonds is 3. The lowest BCUT2D eigenvalue weighted by Crippen LogP contribution is -2.41. The van der Waals surface area contributed by atoms with Crippen LogP contribution in [0.5, 0.6) is 0 Å². The van der Waals surface area contributed by atoms with Crippen molar-refractivity contribution < 1.29 is 4.79 Å². The molecule has 0 aromatic heterocycles. The van der Waals surface area contributed by atoms with Crippen molar-refractivity contribution in [3.63, 3.8) is 0 Å². The van der Waals surface area contributed by atoms with E-state index in [4.69, 9.17) is 5.73 Å². The molecular formula is C14H21ClN2O. The second-order valence-electron chi connectivity index (χ2n) is 4.73. The van der Waals surface area contributed by atoms with Gasteiger partial charge in [-0.25, -0.2) is 0 Å². The molecule has 1 unspecified atom stereocenters. The molecule has 0 spiro atoms. The van der Waals surface area contributed by atoms with Crippen LogP contribution in [-0.2, 0) is 4.79 Å². The minimum atomic E-state index is -0.543. The Morgan fingerprint density at radius 2 is 1.78 bits per heavy atom. The van der Waals surface area contributed by atoms with Crippen molar-refractivity contribution in [1.29, 1.82) is 0 Å². The van der Waals surface area contributed by atoms with Gasteiger partial charge in [0.2, 0.25) is 5.91 Å². The van der Waals surface area contributed by atoms with Crippen LogP contribution in [0.1, 0.15) is 43.7 Å². The molecule has 1 aliphatic carbocycles. The summed E-state index contributed by atoms with van der Waals surface area (Å²) < 4.78 is 0. The molecule has 0 saturated heterocycles. The third kappa shape index (κ3) is 4.00. The Morgan fingerprint density at radius 1 is 1.17 bits per heavy atom. The van der Waals surface area contributed by atoms with Crippen LogP contribution >= 0.6 is 12.4 Å². The highest BCUT2D eigenvalue weighted by Crippen LogP contribution is 2.18. The fourth-order valence-electron chi connectivity index (χ4n) is 2.35. The Kier molecular flexibility index (Phi) is 6.16. The van der Waals surface area contributed by atoms with Gasteiger partial charge in [0.15, 0.2) is 0 Å². The first-order chi connectivity index (χ1) is 8.27. The molecule has 3 nitrogen and oxygen atoms in total. The first kappa shape index (κ1) is 15.0. The number of nitrogens with two attached hydrogens (primary N) is 1. The predicted molar refractivity (Wildman–Crippen MR) is 75.6 cm³/mol. The fraction of sp³-hybridized carbons (Fsp3) is 0.500. The van der Waals surface area contributed by atoms with E-state index in [-0.39, 0.29) is 18.3 Å². The molecule has 0 heterocycles. The molecular weight excluding hydrogens is 248 g/mol. The molecule has 0 bridgehead atoms. The molecule has 1 saturated carbocycles. The summed E-state index contributed by atoms with van der Waals surface area (Å²) in [5, 5.41) is 3.05. The van der Waals surface area contributed by atoms with E-state index in [9.17, 15) is 4.79 Å². The van der Waals surface area contributed by atoms with Gasteiger partial charge in [-0.05, 0) is 18.4 Å². The average molecular weight is 269 g/mol. The van der Waals surface area contributed by atoms with Crippen LogP contribution in [-0.4, -0.2) is 11.9 Å². The summed E-state index contributed by atoms with van der Waals surface area (Å²) in [4.78, 5) is 12.0. The summed E-state index contributed by atoms with van der Waals surface area (Å²) in [6.45, 7) is 0. The minimum Gasteiger partial charge on any atom is -0.352 e. The maximum Gasteiger partial charge on any atom is 0.241 e. The van der Waals surface area contributed by atoms with Gasteiger partial charge in [-0.2, -0.15) is 0 Å². The summed E-state index contributed by atoms with van der Waals surface area (Å²) in [5.74, 6) is -0.0527. The van der Waals surface area contributed by atoms with E-state index in [0.29, 0.717) is 6.04 Å². The minimum absolute atomic E-state index is 0. The highest BCUT2D eigenvalue weighted by Gasteiger charge is 2.20. The summed E-state index contributed by atoms with van der Waals surface area (Å²) >= 11 is 0. The van der Waals surface area contributed by atoms with Crippen LogP contribution in [0.25, 0.3) is 0 Å². The Bertz CT molecular complexity index is 363. The molecule has 1 amide bonds. The third-order valence-electron chi connectivity index (χ3n) is 3.39. The number of carbonyl (C=O) groups excluding carboxylic acids is 1. The third-order valence-corrected chi connectivity index (χ3v) is 3.39. The lowest BCUT2D eigenvalue weighted by atomic mass is 9.95. The van der Waals surface area contributed by atoms with Gasteiger partial charge in [-0.1, -0.05) is 49.6 Å². The van der Waals surface area contributed by atoms with Crippen LogP contribution in [0.15, 0.2) is 30.3 Å². The van der Waals surface area contributed by atoms with Gasteiger partial charge in [0.1, 0.15) is 6.04 Å². The number of carbonyl (C=O) groups is 1. The van der Waals surface area contributed by atoms with Gasteiger partial charge in [0, 0.05) is 6.04 Å². The Balaban J connectivity index is 0.00000162. The Morgan fingerprint density at radius 3 is 2.39 bits per heavy atom. The lowest BCUT2D eigenvalue weighted by molar-refractivity contribution is -0.123. The summed E-state index contributed by atoms with van der Waals surface area (Å²) in [5.41, 5.74) is 6.82. The number of halogens is 1. The van der Waals surface area contributed by atoms with Crippen LogP contribution in [0.2, 0.25) is 0 Å². The first-order valence-corrected chi connectivity index (χ1v) is 6.38. The SMILES string of the molecule is Cl.NC(C(=O)NC1CCCCC1)c1ccccc1. The maximum atomic E-state index is 12.0. The fourth-order valence-corrected chi connectivity index (χ4v) is 2.35. The van der Waals surface area contributed by atoms with Crippen LogP contribution in [0.4, 0.5) is 0 Å². The monoisotopic (exact) mass is 268 g/mol. The topological polar surface area (TPSA) is 55.1 Å². The van der Waals surface area contributed by atoms with Gasteiger partial charge in [-0.15, -0.1) is 12.4 Å². The summed E-state index contributed by atoms with van der Waals surface area (Å²) in [6, 6.07) is 9.31. The van der Waals surface area contributed by atoms with Gasteiger partial charge >= 0.3 is 0 Å². The van der Waals surface area contributed by atoms with E-state index in [1.54, 1.807) is 0 Å². The largest absolute Gasteiger partial charge is 0.352 e. The van der Waals surface area contributed by atoms with Crippen molar-refractivity contribution in [3.8, 4) is 0 Å². The van der Waals surface area contributed by atoms with E-state index < -0.39 is 6.04 Å². The van der Waals surface area contributed by atoms with E-state index in [0.717, 1.165) is 18.4 Å².